The second kappa shape index (κ2) is 64.6. The molecule has 0 bridgehead atoms. The second-order valence-corrected chi connectivity index (χ2v) is 17.8. The number of aliphatic carboxylic acids is 6. The summed E-state index contributed by atoms with van der Waals surface area (Å²) in [5.74, 6) is -6.69. The summed E-state index contributed by atoms with van der Waals surface area (Å²) in [4.78, 5) is 62.0. The molecule has 0 aliphatic heterocycles. The van der Waals surface area contributed by atoms with Gasteiger partial charge in [-0.3, -0.25) is 0 Å². The van der Waals surface area contributed by atoms with Crippen molar-refractivity contribution in [3.05, 3.63) is 0 Å². The fourth-order valence-corrected chi connectivity index (χ4v) is 5.63. The number of rotatable bonds is 30. The van der Waals surface area contributed by atoms with Crippen LogP contribution in [0.4, 0.5) is 0 Å². The average Bonchev–Trinajstić information content (AvgIpc) is 3.22. The Morgan fingerprint density at radius 3 is 0.441 bits per heavy atom. The monoisotopic (exact) mass is 1150 g/mol. The molecule has 0 heterocycles. The predicted molar refractivity (Wildman–Crippen MR) is 243 cm³/mol. The van der Waals surface area contributed by atoms with Crippen molar-refractivity contribution in [2.75, 3.05) is 0 Å². The van der Waals surface area contributed by atoms with Crippen molar-refractivity contribution in [1.82, 2.24) is 12.3 Å². The summed E-state index contributed by atoms with van der Waals surface area (Å²) in [7, 11) is 0. The third kappa shape index (κ3) is 75.2. The predicted octanol–water partition coefficient (Wildman–Crippen LogP) is 3.85. The van der Waals surface area contributed by atoms with E-state index in [1.54, 1.807) is 0 Å². The van der Waals surface area contributed by atoms with Crippen molar-refractivity contribution in [1.29, 1.82) is 0 Å². The molecule has 0 saturated heterocycles. The normalized spacial score (nSPS) is 12.3. The van der Waals surface area contributed by atoms with Gasteiger partial charge >= 0.3 is 52.1 Å². The Morgan fingerprint density at radius 1 is 0.309 bits per heavy atom. The van der Waals surface area contributed by atoms with E-state index in [1.165, 1.54) is 0 Å². The van der Waals surface area contributed by atoms with Gasteiger partial charge in [0, 0.05) is 35.8 Å². The first kappa shape index (κ1) is 88.6. The van der Waals surface area contributed by atoms with E-state index in [1.807, 2.05) is 41.5 Å². The minimum atomic E-state index is -6.02. The van der Waals surface area contributed by atoms with Gasteiger partial charge < -0.3 is 71.7 Å². The molecule has 6 atom stereocenters. The van der Waals surface area contributed by atoms with Crippen molar-refractivity contribution in [3.8, 4) is 0 Å². The maximum atomic E-state index is 10.3. The molecule has 0 radical (unpaired) electrons. The first-order valence-electron chi connectivity index (χ1n) is 24.2. The van der Waals surface area contributed by atoms with Crippen molar-refractivity contribution in [2.24, 2.45) is 35.5 Å². The third-order valence-electron chi connectivity index (χ3n) is 10.4. The van der Waals surface area contributed by atoms with Crippen LogP contribution >= 0.6 is 0 Å². The van der Waals surface area contributed by atoms with E-state index >= 15 is 0 Å². The summed E-state index contributed by atoms with van der Waals surface area (Å²) in [5.41, 5.74) is 0. The number of quaternary nitrogens is 2. The molecule has 0 aromatic heterocycles. The van der Waals surface area contributed by atoms with Crippen molar-refractivity contribution >= 4 is 35.8 Å². The van der Waals surface area contributed by atoms with Crippen LogP contribution in [0.5, 0.6) is 0 Å². The summed E-state index contributed by atoms with van der Waals surface area (Å²) in [6, 6.07) is 0. The van der Waals surface area contributed by atoms with Gasteiger partial charge in [-0.15, -0.1) is 0 Å². The SMILES string of the molecule is CCCCC(CC)C(=O)[O-].CCCCC(CC)C(=O)[O-].CCCCC(CC)C(=O)[O-].CCCCC(CC)C(=O)[O-].CCCCC(CC)C(=O)[O-].CCCCC(CC)C(=O)[O-].[Mo+6].[NH4+].[NH4+].[O]=[Mo](=[O])([O-])[O-]. The standard InChI is InChI=1S/6C8H16O2.2Mo.2H3N.4O/c6*1-3-5-6-7(4-2)8(9)10;;;;;;;;/h6*7H,3-6H2,1-2H3,(H,9,10);;;2*1H3;;;;/q;;;;;;;+6;;;;;2*-1/p-4. The van der Waals surface area contributed by atoms with Gasteiger partial charge in [0.1, 0.15) is 0 Å². The number of hydrogen-bond acceptors (Lipinski definition) is 16. The van der Waals surface area contributed by atoms with E-state index in [-0.39, 0.29) is 68.9 Å². The van der Waals surface area contributed by atoms with E-state index in [2.05, 4.69) is 41.5 Å². The van der Waals surface area contributed by atoms with Gasteiger partial charge in [-0.1, -0.05) is 160 Å². The molecule has 6 unspecified atom stereocenters. The molecule has 20 heteroatoms. The van der Waals surface area contributed by atoms with Crippen LogP contribution in [0.25, 0.3) is 0 Å². The Kier molecular flexibility index (Phi) is 84.2. The third-order valence-corrected chi connectivity index (χ3v) is 10.4. The molecule has 0 amide bonds. The van der Waals surface area contributed by atoms with E-state index in [9.17, 15) is 59.4 Å². The van der Waals surface area contributed by atoms with Crippen LogP contribution in [-0.2, 0) is 73.4 Å². The van der Waals surface area contributed by atoms with Crippen molar-refractivity contribution < 1.29 is 112 Å². The van der Waals surface area contributed by atoms with Crippen LogP contribution in [0.1, 0.15) is 237 Å². The first-order chi connectivity index (χ1) is 30.3. The van der Waals surface area contributed by atoms with Crippen LogP contribution in [0.2, 0.25) is 0 Å². The Hall–Kier alpha value is -2.36. The molecule has 408 valence electrons. The zero-order chi connectivity index (χ0) is 52.4. The molecule has 0 saturated carbocycles. The molecule has 0 aromatic carbocycles. The number of hydrogen-bond donors (Lipinski definition) is 2. The topological polar surface area (TPSA) is 394 Å². The van der Waals surface area contributed by atoms with E-state index in [4.69, 9.17) is 14.3 Å². The summed E-state index contributed by atoms with van der Waals surface area (Å²) in [5, 5.41) is 62.0. The van der Waals surface area contributed by atoms with Gasteiger partial charge in [0.25, 0.3) is 0 Å². The van der Waals surface area contributed by atoms with Gasteiger partial charge in [-0.05, 0) is 113 Å². The summed E-state index contributed by atoms with van der Waals surface area (Å²) < 4.78 is 34.5. The Morgan fingerprint density at radius 2 is 0.397 bits per heavy atom. The molecule has 0 rings (SSSR count). The van der Waals surface area contributed by atoms with Crippen molar-refractivity contribution in [2.45, 2.75) is 237 Å². The first-order valence-corrected chi connectivity index (χ1v) is 27.5. The summed E-state index contributed by atoms with van der Waals surface area (Å²) in [6.07, 6.45) is 21.1. The molecule has 0 aliphatic carbocycles. The van der Waals surface area contributed by atoms with Crippen LogP contribution in [0.3, 0.4) is 0 Å². The van der Waals surface area contributed by atoms with Crippen LogP contribution in [-0.4, -0.2) is 35.8 Å². The van der Waals surface area contributed by atoms with Gasteiger partial charge in [0.2, 0.25) is 0 Å². The molecule has 68 heavy (non-hydrogen) atoms. The van der Waals surface area contributed by atoms with Gasteiger partial charge in [0.05, 0.1) is 0 Å². The number of carboxylic acids is 6. The average molecular weight is 1150 g/mol. The zero-order valence-corrected chi connectivity index (χ0v) is 48.8. The molecular weight excluding hydrogens is 1050 g/mol. The summed E-state index contributed by atoms with van der Waals surface area (Å²) >= 11 is -6.02. The number of carbonyl (C=O) groups excluding carboxylic acids is 6. The maximum absolute atomic E-state index is 10.3. The van der Waals surface area contributed by atoms with E-state index < -0.39 is 52.6 Å². The van der Waals surface area contributed by atoms with Crippen molar-refractivity contribution in [3.63, 3.8) is 0 Å². The van der Waals surface area contributed by atoms with Gasteiger partial charge in [0.15, 0.2) is 0 Å². The quantitative estimate of drug-likeness (QED) is 0.0965. The number of carboxylic acid groups (broad SMARTS) is 6. The molecule has 0 aliphatic rings. The molecule has 0 aromatic rings. The molecule has 0 fully saturated rings. The minimum absolute atomic E-state index is 0. The molecule has 8 N–H and O–H groups in total. The Labute approximate surface area is 430 Å². The van der Waals surface area contributed by atoms with Gasteiger partial charge in [-0.2, -0.15) is 0 Å². The fourth-order valence-electron chi connectivity index (χ4n) is 5.63. The van der Waals surface area contributed by atoms with Crippen LogP contribution in [0.15, 0.2) is 0 Å². The zero-order valence-electron chi connectivity index (χ0n) is 44.8. The molecular formula is C48H98Mo2N2O16. The number of unbranched alkanes of at least 4 members (excludes halogenated alkanes) is 6. The van der Waals surface area contributed by atoms with Crippen LogP contribution in [0, 0.1) is 35.5 Å². The second-order valence-electron chi connectivity index (χ2n) is 15.8. The van der Waals surface area contributed by atoms with Crippen LogP contribution < -0.4 is 50.5 Å². The van der Waals surface area contributed by atoms with E-state index in [0.29, 0.717) is 38.5 Å². The molecule has 0 spiro atoms. The summed E-state index contributed by atoms with van der Waals surface area (Å²) in [6.45, 7) is 23.7. The fraction of sp³-hybridized carbons (Fsp3) is 0.875. The number of carbonyl (C=O) groups is 6. The Bertz CT molecular complexity index is 1030. The molecule has 18 nitrogen and oxygen atoms in total. The Balaban J connectivity index is -0.0000000721. The van der Waals surface area contributed by atoms with E-state index in [0.717, 1.165) is 116 Å². The van der Waals surface area contributed by atoms with Gasteiger partial charge in [-0.25, -0.2) is 0 Å².